The molecule has 0 bridgehead atoms. The van der Waals surface area contributed by atoms with E-state index in [4.69, 9.17) is 10.5 Å². The van der Waals surface area contributed by atoms with E-state index in [-0.39, 0.29) is 23.8 Å². The van der Waals surface area contributed by atoms with Crippen LogP contribution in [0.3, 0.4) is 0 Å². The molecule has 8 nitrogen and oxygen atoms in total. The molecular weight excluding hydrogens is 469 g/mol. The van der Waals surface area contributed by atoms with Crippen molar-refractivity contribution in [1.82, 2.24) is 9.97 Å². The lowest BCUT2D eigenvalue weighted by Crippen LogP contribution is -2.54. The second-order valence-electron chi connectivity index (χ2n) is 8.98. The first-order valence-corrected chi connectivity index (χ1v) is 12.5. The van der Waals surface area contributed by atoms with Crippen LogP contribution in [0.4, 0.5) is 15.9 Å². The number of pyridine rings is 2. The number of amidine groups is 1. The predicted molar refractivity (Wildman–Crippen MR) is 135 cm³/mol. The molecule has 4 rings (SSSR count). The fourth-order valence-electron chi connectivity index (χ4n) is 3.83. The molecule has 3 aromatic rings. The van der Waals surface area contributed by atoms with Crippen molar-refractivity contribution in [3.05, 3.63) is 54.1 Å². The highest BCUT2D eigenvalue weighted by Gasteiger charge is 2.49. The molecule has 2 aromatic heterocycles. The van der Waals surface area contributed by atoms with Crippen LogP contribution in [0.15, 0.2) is 47.7 Å². The molecule has 182 valence electrons. The Labute approximate surface area is 203 Å². The number of nitrogens with two attached hydrogens (primary N) is 1. The van der Waals surface area contributed by atoms with E-state index in [1.807, 2.05) is 6.07 Å². The Morgan fingerprint density at radius 2 is 1.97 bits per heavy atom. The fraction of sp³-hybridized carbons (Fsp3) is 0.320. The van der Waals surface area contributed by atoms with Gasteiger partial charge in [0.2, 0.25) is 0 Å². The Morgan fingerprint density at radius 1 is 1.20 bits per heavy atom. The maximum atomic E-state index is 15.0. The molecule has 3 N–H and O–H groups in total. The van der Waals surface area contributed by atoms with Gasteiger partial charge in [0.15, 0.2) is 15.7 Å². The largest absolute Gasteiger partial charge is 0.479 e. The molecule has 0 saturated heterocycles. The summed E-state index contributed by atoms with van der Waals surface area (Å²) in [6.45, 7) is 6.57. The number of anilines is 2. The van der Waals surface area contributed by atoms with Gasteiger partial charge in [-0.25, -0.2) is 22.8 Å². The second kappa shape index (κ2) is 8.82. The summed E-state index contributed by atoms with van der Waals surface area (Å²) < 4.78 is 45.0. The van der Waals surface area contributed by atoms with E-state index >= 15 is 0 Å². The second-order valence-corrected chi connectivity index (χ2v) is 11.5. The molecule has 0 aliphatic carbocycles. The number of sulfone groups is 1. The van der Waals surface area contributed by atoms with Crippen molar-refractivity contribution in [3.8, 4) is 17.6 Å². The molecule has 3 heterocycles. The standard InChI is InChI=1S/C25H26FN5O3S/c1-5-6-11-34-18-12-16-9-10-28-22(21(16)29-14-18)30-17-7-8-20(26)19(13-17)25(4)15-35(32,33)24(2,3)23(27)31-25/h7-10,12-14H,11,15H2,1-4H3,(H2,27,31)(H,28,30)/t25-/m0/s1. The fourth-order valence-corrected chi connectivity index (χ4v) is 5.52. The molecule has 1 aliphatic heterocycles. The van der Waals surface area contributed by atoms with Gasteiger partial charge in [-0.05, 0) is 58.0 Å². The number of hydrogen-bond donors (Lipinski definition) is 2. The molecule has 1 aliphatic rings. The number of aliphatic imine (C=N–C) groups is 1. The normalized spacial score (nSPS) is 20.4. The molecule has 10 heteroatoms. The Kier molecular flexibility index (Phi) is 6.15. The van der Waals surface area contributed by atoms with Crippen LogP contribution < -0.4 is 15.8 Å². The van der Waals surface area contributed by atoms with Gasteiger partial charge in [-0.1, -0.05) is 5.92 Å². The summed E-state index contributed by atoms with van der Waals surface area (Å²) in [7, 11) is -3.68. The molecule has 0 radical (unpaired) electrons. The number of ether oxygens (including phenoxy) is 1. The van der Waals surface area contributed by atoms with Gasteiger partial charge < -0.3 is 15.8 Å². The third-order valence-corrected chi connectivity index (χ3v) is 8.81. The molecule has 0 unspecified atom stereocenters. The highest BCUT2D eigenvalue weighted by molar-refractivity contribution is 7.93. The lowest BCUT2D eigenvalue weighted by Gasteiger charge is -2.38. The van der Waals surface area contributed by atoms with Crippen LogP contribution in [-0.2, 0) is 15.4 Å². The summed E-state index contributed by atoms with van der Waals surface area (Å²) >= 11 is 0. The van der Waals surface area contributed by atoms with Gasteiger partial charge in [0.05, 0.1) is 11.9 Å². The SMILES string of the molecule is CC#CCOc1cnc2c(Nc3ccc(F)c([C@]4(C)CS(=O)(=O)C(C)(C)C(N)=N4)c3)nccc2c1. The number of nitrogens with zero attached hydrogens (tertiary/aromatic N) is 3. The highest BCUT2D eigenvalue weighted by atomic mass is 32.2. The zero-order valence-electron chi connectivity index (χ0n) is 19.9. The summed E-state index contributed by atoms with van der Waals surface area (Å²) in [4.78, 5) is 13.3. The highest BCUT2D eigenvalue weighted by Crippen LogP contribution is 2.39. The number of fused-ring (bicyclic) bond motifs is 1. The van der Waals surface area contributed by atoms with Crippen LogP contribution in [0.2, 0.25) is 0 Å². The zero-order valence-corrected chi connectivity index (χ0v) is 20.7. The van der Waals surface area contributed by atoms with Crippen LogP contribution in [0, 0.1) is 17.7 Å². The first kappa shape index (κ1) is 24.4. The Bertz CT molecular complexity index is 1510. The number of aromatic nitrogens is 2. The van der Waals surface area contributed by atoms with Crippen molar-refractivity contribution in [3.63, 3.8) is 0 Å². The van der Waals surface area contributed by atoms with Gasteiger partial charge in [-0.3, -0.25) is 4.99 Å². The van der Waals surface area contributed by atoms with Crippen molar-refractivity contribution >= 4 is 38.1 Å². The maximum Gasteiger partial charge on any atom is 0.165 e. The van der Waals surface area contributed by atoms with E-state index in [0.29, 0.717) is 22.8 Å². The minimum Gasteiger partial charge on any atom is -0.479 e. The van der Waals surface area contributed by atoms with E-state index in [9.17, 15) is 12.8 Å². The monoisotopic (exact) mass is 495 g/mol. The van der Waals surface area contributed by atoms with E-state index < -0.39 is 25.9 Å². The number of halogens is 1. The Morgan fingerprint density at radius 3 is 2.69 bits per heavy atom. The van der Waals surface area contributed by atoms with Gasteiger partial charge in [0.25, 0.3) is 0 Å². The van der Waals surface area contributed by atoms with E-state index in [0.717, 1.165) is 5.39 Å². The molecule has 0 amide bonds. The molecule has 0 saturated carbocycles. The quantitative estimate of drug-likeness (QED) is 0.518. The van der Waals surface area contributed by atoms with Crippen LogP contribution in [0.5, 0.6) is 5.75 Å². The topological polar surface area (TPSA) is 120 Å². The molecule has 0 spiro atoms. The van der Waals surface area contributed by atoms with Crippen molar-refractivity contribution in [1.29, 1.82) is 0 Å². The van der Waals surface area contributed by atoms with Crippen LogP contribution in [0.1, 0.15) is 33.3 Å². The molecule has 0 fully saturated rings. The van der Waals surface area contributed by atoms with E-state index in [1.165, 1.54) is 32.0 Å². The minimum absolute atomic E-state index is 0.0492. The third kappa shape index (κ3) is 4.51. The van der Waals surface area contributed by atoms with Gasteiger partial charge in [-0.15, -0.1) is 5.92 Å². The van der Waals surface area contributed by atoms with Crippen LogP contribution >= 0.6 is 0 Å². The number of benzene rings is 1. The number of rotatable bonds is 5. The lowest BCUT2D eigenvalue weighted by atomic mass is 9.92. The zero-order chi connectivity index (χ0) is 25.4. The third-order valence-electron chi connectivity index (χ3n) is 6.10. The van der Waals surface area contributed by atoms with Gasteiger partial charge in [0.1, 0.15) is 39.8 Å². The maximum absolute atomic E-state index is 15.0. The lowest BCUT2D eigenvalue weighted by molar-refractivity contribution is 0.369. The van der Waals surface area contributed by atoms with Crippen LogP contribution in [-0.4, -0.2) is 41.3 Å². The molecule has 35 heavy (non-hydrogen) atoms. The van der Waals surface area contributed by atoms with Crippen molar-refractivity contribution in [2.75, 3.05) is 17.7 Å². The van der Waals surface area contributed by atoms with E-state index in [1.54, 1.807) is 32.3 Å². The predicted octanol–water partition coefficient (Wildman–Crippen LogP) is 3.69. The Hall–Kier alpha value is -3.71. The van der Waals surface area contributed by atoms with Gasteiger partial charge in [-0.2, -0.15) is 0 Å². The summed E-state index contributed by atoms with van der Waals surface area (Å²) in [5.41, 5.74) is 5.85. The Balaban J connectivity index is 1.70. The molecular formula is C25H26FN5O3S. The number of nitrogens with one attached hydrogen (secondary N) is 1. The van der Waals surface area contributed by atoms with Gasteiger partial charge in [0, 0.05) is 22.8 Å². The summed E-state index contributed by atoms with van der Waals surface area (Å²) in [6, 6.07) is 7.96. The van der Waals surface area contributed by atoms with E-state index in [2.05, 4.69) is 32.1 Å². The summed E-state index contributed by atoms with van der Waals surface area (Å²) in [5.74, 6) is 5.63. The van der Waals surface area contributed by atoms with Crippen molar-refractivity contribution in [2.24, 2.45) is 10.7 Å². The summed E-state index contributed by atoms with van der Waals surface area (Å²) in [5, 5.41) is 3.95. The average Bonchev–Trinajstić information content (AvgIpc) is 2.79. The van der Waals surface area contributed by atoms with Crippen LogP contribution in [0.25, 0.3) is 10.9 Å². The van der Waals surface area contributed by atoms with Crippen molar-refractivity contribution < 1.29 is 17.5 Å². The average molecular weight is 496 g/mol. The summed E-state index contributed by atoms with van der Waals surface area (Å²) in [6.07, 6.45) is 3.20. The number of hydrogen-bond acceptors (Lipinski definition) is 8. The van der Waals surface area contributed by atoms with Crippen molar-refractivity contribution in [2.45, 2.75) is 38.0 Å². The first-order chi connectivity index (χ1) is 16.5. The smallest absolute Gasteiger partial charge is 0.165 e. The molecule has 1 atom stereocenters. The van der Waals surface area contributed by atoms with Gasteiger partial charge >= 0.3 is 0 Å². The molecule has 1 aromatic carbocycles. The minimum atomic E-state index is -3.68. The first-order valence-electron chi connectivity index (χ1n) is 10.9.